The third-order valence-corrected chi connectivity index (χ3v) is 5.89. The van der Waals surface area contributed by atoms with Crippen LogP contribution in [0.15, 0.2) is 24.3 Å². The molecule has 21 heavy (non-hydrogen) atoms. The zero-order valence-electron chi connectivity index (χ0n) is 12.5. The van der Waals surface area contributed by atoms with E-state index in [0.29, 0.717) is 6.42 Å². The molecule has 118 valence electrons. The van der Waals surface area contributed by atoms with Crippen molar-refractivity contribution in [3.8, 4) is 0 Å². The molecule has 6 heteroatoms. The number of nitrogens with zero attached hydrogens (tertiary/aromatic N) is 1. The molecule has 1 atom stereocenters. The summed E-state index contributed by atoms with van der Waals surface area (Å²) in [6.07, 6.45) is 2.59. The molecule has 2 rings (SSSR count). The lowest BCUT2D eigenvalue weighted by Gasteiger charge is -2.27. The van der Waals surface area contributed by atoms with Gasteiger partial charge in [-0.05, 0) is 45.2 Å². The van der Waals surface area contributed by atoms with Gasteiger partial charge in [-0.3, -0.25) is 4.31 Å². The lowest BCUT2D eigenvalue weighted by atomic mass is 10.2. The zero-order valence-corrected chi connectivity index (χ0v) is 13.3. The normalized spacial score (nSPS) is 19.1. The van der Waals surface area contributed by atoms with E-state index >= 15 is 0 Å². The molecule has 1 saturated heterocycles. The molecule has 0 N–H and O–H groups in total. The quantitative estimate of drug-likeness (QED) is 0.811. The van der Waals surface area contributed by atoms with Crippen molar-refractivity contribution in [2.45, 2.75) is 44.5 Å². The Morgan fingerprint density at radius 2 is 2.10 bits per heavy atom. The summed E-state index contributed by atoms with van der Waals surface area (Å²) in [5.74, 6) is -0.519. The second kappa shape index (κ2) is 6.75. The summed E-state index contributed by atoms with van der Waals surface area (Å²) in [5, 5.41) is -0.596. The third kappa shape index (κ3) is 3.74. The minimum Gasteiger partial charge on any atom is -0.378 e. The number of anilines is 1. The second-order valence-electron chi connectivity index (χ2n) is 5.54. The van der Waals surface area contributed by atoms with Gasteiger partial charge in [0.2, 0.25) is 10.0 Å². The van der Waals surface area contributed by atoms with Gasteiger partial charge in [-0.25, -0.2) is 12.8 Å². The SMILES string of the molecule is CC(C)S(=O)(=O)N(CC[C@H]1CCCO1)c1ccccc1F. The van der Waals surface area contributed by atoms with Crippen molar-refractivity contribution in [2.24, 2.45) is 0 Å². The van der Waals surface area contributed by atoms with E-state index in [9.17, 15) is 12.8 Å². The van der Waals surface area contributed by atoms with Crippen LogP contribution in [0, 0.1) is 5.82 Å². The molecule has 1 heterocycles. The summed E-state index contributed by atoms with van der Waals surface area (Å²) in [6.45, 7) is 4.18. The van der Waals surface area contributed by atoms with Gasteiger partial charge in [0.05, 0.1) is 17.0 Å². The Morgan fingerprint density at radius 1 is 1.38 bits per heavy atom. The first-order chi connectivity index (χ1) is 9.93. The first-order valence-corrected chi connectivity index (χ1v) is 8.81. The molecule has 1 aromatic rings. The molecule has 0 radical (unpaired) electrons. The molecule has 0 unspecified atom stereocenters. The first-order valence-electron chi connectivity index (χ1n) is 7.30. The van der Waals surface area contributed by atoms with E-state index in [-0.39, 0.29) is 18.3 Å². The standard InChI is InChI=1S/C15H22FNO3S/c1-12(2)21(18,19)17(10-9-13-6-5-11-20-13)15-8-4-3-7-14(15)16/h3-4,7-8,12-13H,5-6,9-11H2,1-2H3/t13-/m1/s1. The van der Waals surface area contributed by atoms with Crippen LogP contribution in [0.1, 0.15) is 33.1 Å². The van der Waals surface area contributed by atoms with Crippen molar-refractivity contribution in [1.29, 1.82) is 0 Å². The number of rotatable bonds is 6. The third-order valence-electron chi connectivity index (χ3n) is 3.70. The molecule has 0 aliphatic carbocycles. The van der Waals surface area contributed by atoms with Crippen molar-refractivity contribution in [3.63, 3.8) is 0 Å². The maximum absolute atomic E-state index is 14.0. The van der Waals surface area contributed by atoms with Crippen molar-refractivity contribution < 1.29 is 17.5 Å². The molecular formula is C15H22FNO3S. The number of sulfonamides is 1. The fourth-order valence-corrected chi connectivity index (χ4v) is 3.72. The minimum absolute atomic E-state index is 0.0710. The molecule has 1 fully saturated rings. The van der Waals surface area contributed by atoms with Gasteiger partial charge in [0, 0.05) is 13.2 Å². The highest BCUT2D eigenvalue weighted by atomic mass is 32.2. The smallest absolute Gasteiger partial charge is 0.237 e. The van der Waals surface area contributed by atoms with Crippen molar-refractivity contribution in [2.75, 3.05) is 17.5 Å². The van der Waals surface area contributed by atoms with Gasteiger partial charge in [-0.15, -0.1) is 0 Å². The fraction of sp³-hybridized carbons (Fsp3) is 0.600. The van der Waals surface area contributed by atoms with Gasteiger partial charge in [0.25, 0.3) is 0 Å². The number of halogens is 1. The highest BCUT2D eigenvalue weighted by Gasteiger charge is 2.29. The monoisotopic (exact) mass is 315 g/mol. The number of ether oxygens (including phenoxy) is 1. The molecule has 0 saturated carbocycles. The second-order valence-corrected chi connectivity index (χ2v) is 7.95. The van der Waals surface area contributed by atoms with Crippen LogP contribution < -0.4 is 4.31 Å². The number of benzene rings is 1. The summed E-state index contributed by atoms with van der Waals surface area (Å²) < 4.78 is 45.7. The van der Waals surface area contributed by atoms with Crippen LogP contribution in [0.3, 0.4) is 0 Å². The number of hydrogen-bond acceptors (Lipinski definition) is 3. The lowest BCUT2D eigenvalue weighted by Crippen LogP contribution is -2.38. The van der Waals surface area contributed by atoms with E-state index in [1.165, 1.54) is 16.4 Å². The Balaban J connectivity index is 2.24. The van der Waals surface area contributed by atoms with Crippen molar-refractivity contribution >= 4 is 15.7 Å². The molecule has 1 aromatic carbocycles. The van der Waals surface area contributed by atoms with Crippen LogP contribution >= 0.6 is 0 Å². The summed E-state index contributed by atoms with van der Waals surface area (Å²) >= 11 is 0. The topological polar surface area (TPSA) is 46.6 Å². The predicted octanol–water partition coefficient (Wildman–Crippen LogP) is 2.94. The van der Waals surface area contributed by atoms with Crippen molar-refractivity contribution in [3.05, 3.63) is 30.1 Å². The highest BCUT2D eigenvalue weighted by molar-refractivity contribution is 7.93. The summed E-state index contributed by atoms with van der Waals surface area (Å²) in [6, 6.07) is 5.99. The zero-order chi connectivity index (χ0) is 15.5. The van der Waals surface area contributed by atoms with Crippen LogP contribution in [0.4, 0.5) is 10.1 Å². The maximum Gasteiger partial charge on any atom is 0.237 e. The fourth-order valence-electron chi connectivity index (χ4n) is 2.43. The molecule has 1 aliphatic rings. The lowest BCUT2D eigenvalue weighted by molar-refractivity contribution is 0.106. The summed E-state index contributed by atoms with van der Waals surface area (Å²) in [5.41, 5.74) is 0.115. The van der Waals surface area contributed by atoms with Gasteiger partial charge >= 0.3 is 0 Å². The minimum atomic E-state index is -3.57. The van der Waals surface area contributed by atoms with E-state index < -0.39 is 21.1 Å². The molecule has 0 amide bonds. The molecule has 1 aliphatic heterocycles. The Bertz CT molecular complexity index is 568. The van der Waals surface area contributed by atoms with Crippen LogP contribution in [0.25, 0.3) is 0 Å². The van der Waals surface area contributed by atoms with Crippen molar-refractivity contribution in [1.82, 2.24) is 0 Å². The largest absolute Gasteiger partial charge is 0.378 e. The van der Waals surface area contributed by atoms with Crippen LogP contribution in [0.5, 0.6) is 0 Å². The van der Waals surface area contributed by atoms with Crippen LogP contribution in [0.2, 0.25) is 0 Å². The Hall–Kier alpha value is -1.14. The molecule has 0 aromatic heterocycles. The number of hydrogen-bond donors (Lipinski definition) is 0. The molecule has 0 bridgehead atoms. The number of para-hydroxylation sites is 1. The average molecular weight is 315 g/mol. The van der Waals surface area contributed by atoms with Gasteiger partial charge in [-0.1, -0.05) is 12.1 Å². The maximum atomic E-state index is 14.0. The van der Waals surface area contributed by atoms with E-state index in [1.54, 1.807) is 26.0 Å². The molecule has 0 spiro atoms. The molecular weight excluding hydrogens is 293 g/mol. The van der Waals surface area contributed by atoms with Gasteiger partial charge in [0.15, 0.2) is 0 Å². The Kier molecular flexibility index (Phi) is 5.22. The van der Waals surface area contributed by atoms with Gasteiger partial charge < -0.3 is 4.74 Å². The van der Waals surface area contributed by atoms with E-state index in [0.717, 1.165) is 19.4 Å². The highest BCUT2D eigenvalue weighted by Crippen LogP contribution is 2.26. The van der Waals surface area contributed by atoms with Gasteiger partial charge in [0.1, 0.15) is 5.82 Å². The first kappa shape index (κ1) is 16.2. The van der Waals surface area contributed by atoms with E-state index in [2.05, 4.69) is 0 Å². The van der Waals surface area contributed by atoms with E-state index in [1.807, 2.05) is 0 Å². The Morgan fingerprint density at radius 3 is 2.67 bits per heavy atom. The summed E-state index contributed by atoms with van der Waals surface area (Å²) in [7, 11) is -3.57. The van der Waals surface area contributed by atoms with Crippen LogP contribution in [-0.2, 0) is 14.8 Å². The van der Waals surface area contributed by atoms with E-state index in [4.69, 9.17) is 4.74 Å². The molecule has 4 nitrogen and oxygen atoms in total. The van der Waals surface area contributed by atoms with Gasteiger partial charge in [-0.2, -0.15) is 0 Å². The summed E-state index contributed by atoms with van der Waals surface area (Å²) in [4.78, 5) is 0. The van der Waals surface area contributed by atoms with Crippen LogP contribution in [-0.4, -0.2) is 32.9 Å². The predicted molar refractivity (Wildman–Crippen MR) is 81.4 cm³/mol. The Labute approximate surface area is 126 Å². The average Bonchev–Trinajstić information content (AvgIpc) is 2.93.